The standard InChI is InChI=1S/C19H23NO5/c1-3-12(2)25-19(24)14-9-5-4-8-13(14)17(21)20-16-11-7-6-10-15(16)18(22)23/h4-7,10-14H,3,8-9H2,1-2H3,(H,20,21)(H,22,23)/t12-,13+,14+/m0/s1. The van der Waals surface area contributed by atoms with E-state index in [1.54, 1.807) is 12.1 Å². The molecule has 1 aromatic carbocycles. The van der Waals surface area contributed by atoms with Crippen LogP contribution in [-0.2, 0) is 14.3 Å². The molecule has 6 heteroatoms. The zero-order valence-electron chi connectivity index (χ0n) is 14.4. The van der Waals surface area contributed by atoms with Gasteiger partial charge in [0.25, 0.3) is 0 Å². The van der Waals surface area contributed by atoms with Crippen molar-refractivity contribution in [2.75, 3.05) is 5.32 Å². The van der Waals surface area contributed by atoms with E-state index in [4.69, 9.17) is 4.74 Å². The second-order valence-electron chi connectivity index (χ2n) is 6.15. The van der Waals surface area contributed by atoms with Gasteiger partial charge in [0.05, 0.1) is 29.2 Å². The molecule has 0 bridgehead atoms. The average Bonchev–Trinajstić information content (AvgIpc) is 2.61. The molecule has 3 atom stereocenters. The Morgan fingerprint density at radius 3 is 2.48 bits per heavy atom. The second-order valence-corrected chi connectivity index (χ2v) is 6.15. The zero-order valence-corrected chi connectivity index (χ0v) is 14.4. The van der Waals surface area contributed by atoms with Crippen molar-refractivity contribution < 1.29 is 24.2 Å². The minimum atomic E-state index is -1.12. The normalized spacial score (nSPS) is 20.6. The van der Waals surface area contributed by atoms with Crippen LogP contribution in [0.15, 0.2) is 36.4 Å². The Morgan fingerprint density at radius 1 is 1.20 bits per heavy atom. The summed E-state index contributed by atoms with van der Waals surface area (Å²) in [4.78, 5) is 36.3. The van der Waals surface area contributed by atoms with Crippen molar-refractivity contribution in [3.05, 3.63) is 42.0 Å². The van der Waals surface area contributed by atoms with Crippen LogP contribution in [0, 0.1) is 11.8 Å². The molecule has 0 aromatic heterocycles. The SMILES string of the molecule is CC[C@H](C)OC(=O)[C@@H]1CC=CC[C@H]1C(=O)Nc1ccccc1C(=O)O. The Hall–Kier alpha value is -2.63. The fraction of sp³-hybridized carbons (Fsp3) is 0.421. The lowest BCUT2D eigenvalue weighted by molar-refractivity contribution is -0.157. The molecule has 0 saturated carbocycles. The molecule has 134 valence electrons. The molecule has 1 aliphatic carbocycles. The number of aromatic carboxylic acids is 1. The molecular formula is C19H23NO5. The summed E-state index contributed by atoms with van der Waals surface area (Å²) in [6.45, 7) is 3.74. The summed E-state index contributed by atoms with van der Waals surface area (Å²) in [5.74, 6) is -3.01. The summed E-state index contributed by atoms with van der Waals surface area (Å²) in [6.07, 6.45) is 5.10. The number of para-hydroxylation sites is 1. The summed E-state index contributed by atoms with van der Waals surface area (Å²) in [5, 5.41) is 11.9. The first-order valence-corrected chi connectivity index (χ1v) is 8.42. The number of carbonyl (C=O) groups is 3. The van der Waals surface area contributed by atoms with Crippen molar-refractivity contribution >= 4 is 23.5 Å². The monoisotopic (exact) mass is 345 g/mol. The van der Waals surface area contributed by atoms with Crippen molar-refractivity contribution in [1.82, 2.24) is 0 Å². The highest BCUT2D eigenvalue weighted by Gasteiger charge is 2.36. The van der Waals surface area contributed by atoms with Crippen LogP contribution < -0.4 is 5.32 Å². The van der Waals surface area contributed by atoms with Crippen molar-refractivity contribution in [3.8, 4) is 0 Å². The van der Waals surface area contributed by atoms with Crippen LogP contribution in [0.5, 0.6) is 0 Å². The van der Waals surface area contributed by atoms with E-state index in [1.807, 2.05) is 26.0 Å². The van der Waals surface area contributed by atoms with Crippen molar-refractivity contribution in [1.29, 1.82) is 0 Å². The van der Waals surface area contributed by atoms with E-state index in [-0.39, 0.29) is 29.2 Å². The summed E-state index contributed by atoms with van der Waals surface area (Å²) in [6, 6.07) is 6.20. The number of allylic oxidation sites excluding steroid dienone is 2. The smallest absolute Gasteiger partial charge is 0.337 e. The summed E-state index contributed by atoms with van der Waals surface area (Å²) in [5.41, 5.74) is 0.240. The lowest BCUT2D eigenvalue weighted by atomic mass is 9.82. The number of rotatable bonds is 6. The van der Waals surface area contributed by atoms with Gasteiger partial charge in [-0.15, -0.1) is 0 Å². The van der Waals surface area contributed by atoms with Crippen LogP contribution in [0.1, 0.15) is 43.5 Å². The van der Waals surface area contributed by atoms with E-state index in [0.717, 1.165) is 0 Å². The highest BCUT2D eigenvalue weighted by molar-refractivity contribution is 6.02. The quantitative estimate of drug-likeness (QED) is 0.610. The number of ether oxygens (including phenoxy) is 1. The number of carboxylic acid groups (broad SMARTS) is 1. The number of amides is 1. The third kappa shape index (κ3) is 4.68. The van der Waals surface area contributed by atoms with Crippen molar-refractivity contribution in [3.63, 3.8) is 0 Å². The number of hydrogen-bond acceptors (Lipinski definition) is 4. The summed E-state index contributed by atoms with van der Waals surface area (Å²) < 4.78 is 5.38. The third-order valence-electron chi connectivity index (χ3n) is 4.38. The van der Waals surface area contributed by atoms with Crippen molar-refractivity contribution in [2.45, 2.75) is 39.2 Å². The molecule has 0 unspecified atom stereocenters. The Kier molecular flexibility index (Phi) is 6.33. The number of anilines is 1. The van der Waals surface area contributed by atoms with Gasteiger partial charge >= 0.3 is 11.9 Å². The number of esters is 1. The molecule has 0 heterocycles. The van der Waals surface area contributed by atoms with E-state index in [2.05, 4.69) is 5.32 Å². The average molecular weight is 345 g/mol. The molecule has 0 saturated heterocycles. The first kappa shape index (κ1) is 18.7. The summed E-state index contributed by atoms with van der Waals surface area (Å²) in [7, 11) is 0. The lowest BCUT2D eigenvalue weighted by Gasteiger charge is -2.27. The minimum Gasteiger partial charge on any atom is -0.478 e. The van der Waals surface area contributed by atoms with Crippen LogP contribution in [0.4, 0.5) is 5.69 Å². The molecule has 6 nitrogen and oxygen atoms in total. The molecular weight excluding hydrogens is 322 g/mol. The molecule has 25 heavy (non-hydrogen) atoms. The van der Waals surface area contributed by atoms with Gasteiger partial charge in [-0.2, -0.15) is 0 Å². The van der Waals surface area contributed by atoms with Crippen LogP contribution in [0.25, 0.3) is 0 Å². The van der Waals surface area contributed by atoms with E-state index in [9.17, 15) is 19.5 Å². The fourth-order valence-corrected chi connectivity index (χ4v) is 2.74. The number of carbonyl (C=O) groups excluding carboxylic acids is 2. The van der Waals surface area contributed by atoms with Gasteiger partial charge in [-0.3, -0.25) is 9.59 Å². The maximum atomic E-state index is 12.7. The van der Waals surface area contributed by atoms with Crippen molar-refractivity contribution in [2.24, 2.45) is 11.8 Å². The fourth-order valence-electron chi connectivity index (χ4n) is 2.74. The summed E-state index contributed by atoms with van der Waals surface area (Å²) >= 11 is 0. The highest BCUT2D eigenvalue weighted by Crippen LogP contribution is 2.29. The topological polar surface area (TPSA) is 92.7 Å². The van der Waals surface area contributed by atoms with E-state index >= 15 is 0 Å². The molecule has 0 fully saturated rings. The van der Waals surface area contributed by atoms with Gasteiger partial charge in [-0.05, 0) is 38.3 Å². The van der Waals surface area contributed by atoms with E-state index in [1.165, 1.54) is 12.1 Å². The molecule has 1 amide bonds. The van der Waals surface area contributed by atoms with Crippen LogP contribution >= 0.6 is 0 Å². The van der Waals surface area contributed by atoms with Gasteiger partial charge in [0.2, 0.25) is 5.91 Å². The number of carboxylic acids is 1. The maximum Gasteiger partial charge on any atom is 0.337 e. The van der Waals surface area contributed by atoms with Gasteiger partial charge in [-0.25, -0.2) is 4.79 Å². The van der Waals surface area contributed by atoms with Gasteiger partial charge in [0, 0.05) is 0 Å². The minimum absolute atomic E-state index is 0.0148. The van der Waals surface area contributed by atoms with Crippen LogP contribution in [0.2, 0.25) is 0 Å². The molecule has 2 N–H and O–H groups in total. The first-order valence-electron chi connectivity index (χ1n) is 8.42. The Balaban J connectivity index is 2.15. The van der Waals surface area contributed by atoms with Gasteiger partial charge in [-0.1, -0.05) is 31.2 Å². The highest BCUT2D eigenvalue weighted by atomic mass is 16.5. The van der Waals surface area contributed by atoms with Crippen LogP contribution in [-0.4, -0.2) is 29.1 Å². The zero-order chi connectivity index (χ0) is 18.4. The predicted octanol–water partition coefficient (Wildman–Crippen LogP) is 3.25. The van der Waals surface area contributed by atoms with Gasteiger partial charge in [0.1, 0.15) is 0 Å². The molecule has 0 aliphatic heterocycles. The second kappa shape index (κ2) is 8.46. The largest absolute Gasteiger partial charge is 0.478 e. The molecule has 0 radical (unpaired) electrons. The van der Waals surface area contributed by atoms with Crippen LogP contribution in [0.3, 0.4) is 0 Å². The van der Waals surface area contributed by atoms with Gasteiger partial charge < -0.3 is 15.2 Å². The number of hydrogen-bond donors (Lipinski definition) is 2. The van der Waals surface area contributed by atoms with Gasteiger partial charge in [0.15, 0.2) is 0 Å². The number of nitrogens with one attached hydrogen (secondary N) is 1. The molecule has 0 spiro atoms. The third-order valence-corrected chi connectivity index (χ3v) is 4.38. The molecule has 1 aliphatic rings. The first-order chi connectivity index (χ1) is 11.9. The van der Waals surface area contributed by atoms with E-state index < -0.39 is 17.8 Å². The van der Waals surface area contributed by atoms with E-state index in [0.29, 0.717) is 19.3 Å². The molecule has 2 rings (SSSR count). The maximum absolute atomic E-state index is 12.7. The molecule has 1 aromatic rings. The lowest BCUT2D eigenvalue weighted by Crippen LogP contribution is -2.37. The Morgan fingerprint density at radius 2 is 1.84 bits per heavy atom. The Bertz CT molecular complexity index is 682. The Labute approximate surface area is 146 Å². The predicted molar refractivity (Wildman–Crippen MR) is 93.2 cm³/mol. The number of benzene rings is 1.